The molecule has 0 aromatic rings. The molecule has 0 aromatic heterocycles. The van der Waals surface area contributed by atoms with Crippen LogP contribution in [-0.2, 0) is 25.9 Å². The number of hydrogen-bond donors (Lipinski definition) is 0. The summed E-state index contributed by atoms with van der Waals surface area (Å²) in [6.45, 7) is 2.70. The van der Waals surface area contributed by atoms with Crippen molar-refractivity contribution in [2.45, 2.75) is 12.8 Å². The zero-order valence-corrected chi connectivity index (χ0v) is 9.23. The van der Waals surface area contributed by atoms with E-state index in [1.807, 2.05) is 6.29 Å². The normalized spacial score (nSPS) is 17.2. The van der Waals surface area contributed by atoms with Crippen LogP contribution < -0.4 is 0 Å². The first kappa shape index (κ1) is 12.9. The van der Waals surface area contributed by atoms with Gasteiger partial charge >= 0.3 is 21.1 Å². The summed E-state index contributed by atoms with van der Waals surface area (Å²) in [6, 6.07) is 0. The van der Waals surface area contributed by atoms with Gasteiger partial charge in [0.1, 0.15) is 0 Å². The molecule has 0 N–H and O–H groups in total. The molecule has 10 heavy (non-hydrogen) atoms. The van der Waals surface area contributed by atoms with Gasteiger partial charge in [-0.25, -0.2) is 6.29 Å². The van der Waals surface area contributed by atoms with Crippen LogP contribution in [0.2, 0.25) is 0 Å². The molecule has 0 spiro atoms. The third-order valence-electron chi connectivity index (χ3n) is 1.49. The number of hydrogen-bond acceptors (Lipinski definition) is 2. The molecule has 1 saturated heterocycles. The van der Waals surface area contributed by atoms with Crippen molar-refractivity contribution in [1.82, 2.24) is 4.90 Å². The minimum atomic E-state index is 0. The summed E-state index contributed by atoms with van der Waals surface area (Å²) in [5.41, 5.74) is 0. The Morgan fingerprint density at radius 3 is 2.20 bits per heavy atom. The molecule has 1 aliphatic rings. The second kappa shape index (κ2) is 7.43. The van der Waals surface area contributed by atoms with E-state index in [2.05, 4.69) is 4.90 Å². The van der Waals surface area contributed by atoms with Gasteiger partial charge in [0.15, 0.2) is 0 Å². The Morgan fingerprint density at radius 2 is 1.80 bits per heavy atom. The molecule has 0 amide bonds. The summed E-state index contributed by atoms with van der Waals surface area (Å²) in [5.74, 6) is 0. The minimum Gasteiger partial charge on any atom is -0.541 e. The summed E-state index contributed by atoms with van der Waals surface area (Å²) >= 11 is 0. The van der Waals surface area contributed by atoms with Gasteiger partial charge in [-0.2, -0.15) is 0 Å². The third-order valence-corrected chi connectivity index (χ3v) is 1.49. The van der Waals surface area contributed by atoms with Crippen LogP contribution in [0.25, 0.3) is 0 Å². The van der Waals surface area contributed by atoms with Crippen LogP contribution in [0.5, 0.6) is 0 Å². The van der Waals surface area contributed by atoms with Crippen LogP contribution in [0.4, 0.5) is 0 Å². The SMILES string of the molecule is O=[C-]CN1CCCC1.[CH3-].[W+2]. The van der Waals surface area contributed by atoms with Gasteiger partial charge in [0, 0.05) is 0 Å². The molecule has 1 rings (SSSR count). The van der Waals surface area contributed by atoms with E-state index in [-0.39, 0.29) is 28.5 Å². The predicted octanol–water partition coefficient (Wildman–Crippen LogP) is 0.640. The van der Waals surface area contributed by atoms with E-state index in [1.54, 1.807) is 0 Å². The topological polar surface area (TPSA) is 20.3 Å². The first-order valence-electron chi connectivity index (χ1n) is 3.01. The Balaban J connectivity index is 0. The van der Waals surface area contributed by atoms with E-state index in [9.17, 15) is 4.79 Å². The maximum atomic E-state index is 9.79. The molecule has 1 fully saturated rings. The van der Waals surface area contributed by atoms with Crippen LogP contribution in [-0.4, -0.2) is 30.8 Å². The quantitative estimate of drug-likeness (QED) is 0.698. The van der Waals surface area contributed by atoms with Gasteiger partial charge in [-0.3, -0.25) is 0 Å². The number of likely N-dealkylation sites (tertiary alicyclic amines) is 1. The fourth-order valence-corrected chi connectivity index (χ4v) is 1.03. The second-order valence-electron chi connectivity index (χ2n) is 2.13. The third kappa shape index (κ3) is 4.18. The van der Waals surface area contributed by atoms with Gasteiger partial charge in [0.2, 0.25) is 0 Å². The van der Waals surface area contributed by atoms with Gasteiger partial charge in [0.25, 0.3) is 0 Å². The average Bonchev–Trinajstić information content (AvgIpc) is 2.19. The Bertz CT molecular complexity index is 81.7. The van der Waals surface area contributed by atoms with Gasteiger partial charge in [-0.15, -0.1) is 0 Å². The largest absolute Gasteiger partial charge is 2.00 e. The molecule has 2 nitrogen and oxygen atoms in total. The monoisotopic (exact) mass is 311 g/mol. The Morgan fingerprint density at radius 1 is 1.30 bits per heavy atom. The molecule has 3 heteroatoms. The molecular formula is C7H13NOW. The van der Waals surface area contributed by atoms with Crippen molar-refractivity contribution in [3.05, 3.63) is 7.43 Å². The van der Waals surface area contributed by atoms with Crippen molar-refractivity contribution >= 4 is 6.29 Å². The van der Waals surface area contributed by atoms with Crippen LogP contribution >= 0.6 is 0 Å². The molecule has 0 saturated carbocycles. The van der Waals surface area contributed by atoms with Crippen molar-refractivity contribution in [3.8, 4) is 0 Å². The summed E-state index contributed by atoms with van der Waals surface area (Å²) in [5, 5.41) is 0. The van der Waals surface area contributed by atoms with Crippen molar-refractivity contribution in [1.29, 1.82) is 0 Å². The van der Waals surface area contributed by atoms with Crippen molar-refractivity contribution in [2.75, 3.05) is 19.6 Å². The second-order valence-corrected chi connectivity index (χ2v) is 2.13. The standard InChI is InChI=1S/C6H10NO.CH3.W/c8-6-5-7-3-1-2-4-7;;/h1-5H2;1H3;/q2*-1;+2. The predicted molar refractivity (Wildman–Crippen MR) is 37.8 cm³/mol. The summed E-state index contributed by atoms with van der Waals surface area (Å²) in [7, 11) is 0. The molecule has 0 aromatic carbocycles. The van der Waals surface area contributed by atoms with Crippen molar-refractivity contribution in [2.24, 2.45) is 0 Å². The molecule has 0 aliphatic carbocycles. The molecule has 0 atom stereocenters. The first-order valence-corrected chi connectivity index (χ1v) is 3.01. The first-order chi connectivity index (χ1) is 3.93. The van der Waals surface area contributed by atoms with E-state index >= 15 is 0 Å². The Labute approximate surface area is 77.2 Å². The van der Waals surface area contributed by atoms with Crippen LogP contribution in [0.1, 0.15) is 12.8 Å². The zero-order chi connectivity index (χ0) is 5.82. The minimum absolute atomic E-state index is 0. The maximum Gasteiger partial charge on any atom is 2.00 e. The zero-order valence-electron chi connectivity index (χ0n) is 6.30. The molecular weight excluding hydrogens is 298 g/mol. The molecule has 58 valence electrons. The van der Waals surface area contributed by atoms with Crippen LogP contribution in [0, 0.1) is 7.43 Å². The average molecular weight is 311 g/mol. The van der Waals surface area contributed by atoms with E-state index < -0.39 is 0 Å². The fourth-order valence-electron chi connectivity index (χ4n) is 1.03. The summed E-state index contributed by atoms with van der Waals surface area (Å²) in [4.78, 5) is 11.9. The molecule has 1 heterocycles. The Kier molecular flexibility index (Phi) is 9.61. The molecule has 0 unspecified atom stereocenters. The van der Waals surface area contributed by atoms with Crippen LogP contribution in [0.3, 0.4) is 0 Å². The maximum absolute atomic E-state index is 9.79. The van der Waals surface area contributed by atoms with Crippen molar-refractivity contribution < 1.29 is 25.9 Å². The van der Waals surface area contributed by atoms with Gasteiger partial charge in [-0.1, -0.05) is 6.54 Å². The van der Waals surface area contributed by atoms with E-state index in [0.29, 0.717) is 6.54 Å². The van der Waals surface area contributed by atoms with E-state index in [4.69, 9.17) is 0 Å². The van der Waals surface area contributed by atoms with Crippen molar-refractivity contribution in [3.63, 3.8) is 0 Å². The number of rotatable bonds is 2. The summed E-state index contributed by atoms with van der Waals surface area (Å²) in [6.07, 6.45) is 4.39. The molecule has 1 aliphatic heterocycles. The van der Waals surface area contributed by atoms with Gasteiger partial charge < -0.3 is 17.1 Å². The van der Waals surface area contributed by atoms with E-state index in [0.717, 1.165) is 13.1 Å². The molecule has 0 bridgehead atoms. The number of carbonyl (C=O) groups excluding carboxylic acids is 1. The number of nitrogens with zero attached hydrogens (tertiary/aromatic N) is 1. The fraction of sp³-hybridized carbons (Fsp3) is 0.714. The smallest absolute Gasteiger partial charge is 0.541 e. The van der Waals surface area contributed by atoms with Gasteiger partial charge in [-0.05, 0) is 25.9 Å². The Hall–Kier alpha value is 0.318. The van der Waals surface area contributed by atoms with E-state index in [1.165, 1.54) is 12.8 Å². The van der Waals surface area contributed by atoms with Gasteiger partial charge in [0.05, 0.1) is 0 Å². The summed E-state index contributed by atoms with van der Waals surface area (Å²) < 4.78 is 0. The molecule has 0 radical (unpaired) electrons. The van der Waals surface area contributed by atoms with Crippen LogP contribution in [0.15, 0.2) is 0 Å².